The summed E-state index contributed by atoms with van der Waals surface area (Å²) in [5.41, 5.74) is 1.42. The molecule has 1 atom stereocenters. The van der Waals surface area contributed by atoms with Crippen LogP contribution < -0.4 is 5.32 Å². The van der Waals surface area contributed by atoms with E-state index in [0.29, 0.717) is 6.04 Å². The van der Waals surface area contributed by atoms with Crippen molar-refractivity contribution in [2.75, 3.05) is 13.2 Å². The highest BCUT2D eigenvalue weighted by molar-refractivity contribution is 7.10. The van der Waals surface area contributed by atoms with Crippen molar-refractivity contribution in [3.63, 3.8) is 0 Å². The van der Waals surface area contributed by atoms with Gasteiger partial charge >= 0.3 is 0 Å². The maximum absolute atomic E-state index is 6.37. The zero-order valence-electron chi connectivity index (χ0n) is 13.2. The van der Waals surface area contributed by atoms with Gasteiger partial charge in [-0.2, -0.15) is 0 Å². The average molecular weight is 295 g/mol. The molecule has 1 aliphatic carbocycles. The molecule has 0 aromatic carbocycles. The number of ether oxygens (including phenoxy) is 1. The minimum absolute atomic E-state index is 0.00519. The second-order valence-corrected chi connectivity index (χ2v) is 7.01. The summed E-state index contributed by atoms with van der Waals surface area (Å²) < 4.78 is 6.37. The number of hydrogen-bond donors (Lipinski definition) is 1. The summed E-state index contributed by atoms with van der Waals surface area (Å²) in [6.45, 7) is 8.33. The van der Waals surface area contributed by atoms with Crippen molar-refractivity contribution in [3.8, 4) is 0 Å². The molecule has 0 bridgehead atoms. The Bertz CT molecular complexity index is 393. The van der Waals surface area contributed by atoms with E-state index in [4.69, 9.17) is 4.74 Å². The summed E-state index contributed by atoms with van der Waals surface area (Å²) in [5.74, 6) is 0. The highest BCUT2D eigenvalue weighted by atomic mass is 32.1. The van der Waals surface area contributed by atoms with Gasteiger partial charge in [0.05, 0.1) is 11.6 Å². The Morgan fingerprint density at radius 1 is 1.25 bits per heavy atom. The van der Waals surface area contributed by atoms with Crippen LogP contribution in [0.5, 0.6) is 0 Å². The maximum Gasteiger partial charge on any atom is 0.0876 e. The third kappa shape index (κ3) is 3.63. The Hall–Kier alpha value is -0.380. The monoisotopic (exact) mass is 295 g/mol. The van der Waals surface area contributed by atoms with Crippen LogP contribution in [0.2, 0.25) is 0 Å². The van der Waals surface area contributed by atoms with Crippen LogP contribution in [0.3, 0.4) is 0 Å². The van der Waals surface area contributed by atoms with Crippen LogP contribution in [0.25, 0.3) is 0 Å². The van der Waals surface area contributed by atoms with Gasteiger partial charge in [-0.15, -0.1) is 11.3 Å². The van der Waals surface area contributed by atoms with Crippen LogP contribution in [0.15, 0.2) is 11.4 Å². The molecule has 1 aromatic rings. The summed E-state index contributed by atoms with van der Waals surface area (Å²) in [6.07, 6.45) is 7.68. The molecule has 0 aliphatic heterocycles. The zero-order chi connectivity index (χ0) is 14.4. The summed E-state index contributed by atoms with van der Waals surface area (Å²) in [5, 5.41) is 6.03. The van der Waals surface area contributed by atoms with Crippen LogP contribution in [-0.4, -0.2) is 18.8 Å². The van der Waals surface area contributed by atoms with E-state index in [-0.39, 0.29) is 5.60 Å². The smallest absolute Gasteiger partial charge is 0.0876 e. The SMILES string of the molecule is CCNC(c1csc(C)c1)C1(OCC)CCCCCC1. The fraction of sp³-hybridized carbons (Fsp3) is 0.765. The van der Waals surface area contributed by atoms with Crippen LogP contribution >= 0.6 is 11.3 Å². The molecule has 1 aliphatic rings. The van der Waals surface area contributed by atoms with Gasteiger partial charge < -0.3 is 10.1 Å². The summed E-state index contributed by atoms with van der Waals surface area (Å²) in [4.78, 5) is 1.39. The predicted molar refractivity (Wildman–Crippen MR) is 87.5 cm³/mol. The molecule has 1 aromatic heterocycles. The molecule has 0 spiro atoms. The molecule has 114 valence electrons. The molecule has 0 saturated heterocycles. The third-order valence-corrected chi connectivity index (χ3v) is 5.28. The van der Waals surface area contributed by atoms with Crippen molar-refractivity contribution < 1.29 is 4.74 Å². The van der Waals surface area contributed by atoms with E-state index in [1.165, 1.54) is 49.0 Å². The average Bonchev–Trinajstić information content (AvgIpc) is 2.72. The van der Waals surface area contributed by atoms with Gasteiger partial charge in [0.15, 0.2) is 0 Å². The van der Waals surface area contributed by atoms with E-state index in [2.05, 4.69) is 37.5 Å². The molecule has 20 heavy (non-hydrogen) atoms. The van der Waals surface area contributed by atoms with Crippen LogP contribution in [0.1, 0.15) is 68.9 Å². The summed E-state index contributed by atoms with van der Waals surface area (Å²) >= 11 is 1.85. The first kappa shape index (κ1) is 16.0. The van der Waals surface area contributed by atoms with E-state index in [9.17, 15) is 0 Å². The molecule has 1 fully saturated rings. The van der Waals surface area contributed by atoms with Crippen molar-refractivity contribution in [1.82, 2.24) is 5.32 Å². The molecule has 0 amide bonds. The Balaban J connectivity index is 2.30. The van der Waals surface area contributed by atoms with E-state index in [1.807, 2.05) is 11.3 Å². The van der Waals surface area contributed by atoms with Gasteiger partial charge in [0, 0.05) is 11.5 Å². The number of likely N-dealkylation sites (N-methyl/N-ethyl adjacent to an activating group) is 1. The van der Waals surface area contributed by atoms with Gasteiger partial charge in [-0.1, -0.05) is 32.6 Å². The van der Waals surface area contributed by atoms with E-state index >= 15 is 0 Å². The molecular formula is C17H29NOS. The fourth-order valence-electron chi connectivity index (χ4n) is 3.56. The second-order valence-electron chi connectivity index (χ2n) is 5.89. The van der Waals surface area contributed by atoms with Crippen LogP contribution in [0, 0.1) is 6.92 Å². The normalized spacial score (nSPS) is 20.6. The van der Waals surface area contributed by atoms with Crippen molar-refractivity contribution >= 4 is 11.3 Å². The van der Waals surface area contributed by atoms with Gasteiger partial charge in [-0.25, -0.2) is 0 Å². The van der Waals surface area contributed by atoms with Gasteiger partial charge in [-0.05, 0) is 50.2 Å². The largest absolute Gasteiger partial charge is 0.373 e. The molecule has 2 nitrogen and oxygen atoms in total. The predicted octanol–water partition coefficient (Wildman–Crippen LogP) is 4.84. The molecule has 3 heteroatoms. The minimum atomic E-state index is -0.00519. The van der Waals surface area contributed by atoms with Crippen LogP contribution in [0.4, 0.5) is 0 Å². The quantitative estimate of drug-likeness (QED) is 0.758. The molecule has 0 radical (unpaired) electrons. The van der Waals surface area contributed by atoms with Gasteiger partial charge in [-0.3, -0.25) is 0 Å². The molecule has 1 unspecified atom stereocenters. The van der Waals surface area contributed by atoms with Gasteiger partial charge in [0.1, 0.15) is 0 Å². The number of rotatable bonds is 6. The summed E-state index contributed by atoms with van der Waals surface area (Å²) in [6, 6.07) is 2.68. The van der Waals surface area contributed by atoms with E-state index in [1.54, 1.807) is 0 Å². The zero-order valence-corrected chi connectivity index (χ0v) is 14.0. The van der Waals surface area contributed by atoms with Crippen molar-refractivity contribution in [2.24, 2.45) is 0 Å². The van der Waals surface area contributed by atoms with Gasteiger partial charge in [0.2, 0.25) is 0 Å². The highest BCUT2D eigenvalue weighted by Crippen LogP contribution is 2.41. The molecular weight excluding hydrogens is 266 g/mol. The molecule has 1 saturated carbocycles. The van der Waals surface area contributed by atoms with E-state index in [0.717, 1.165) is 13.2 Å². The Kier molecular flexibility index (Phi) is 6.06. The topological polar surface area (TPSA) is 21.3 Å². The van der Waals surface area contributed by atoms with Crippen LogP contribution in [-0.2, 0) is 4.74 Å². The molecule has 1 heterocycles. The highest BCUT2D eigenvalue weighted by Gasteiger charge is 2.40. The lowest BCUT2D eigenvalue weighted by atomic mass is 9.82. The van der Waals surface area contributed by atoms with Gasteiger partial charge in [0.25, 0.3) is 0 Å². The Morgan fingerprint density at radius 2 is 1.95 bits per heavy atom. The number of thiophene rings is 1. The first-order valence-electron chi connectivity index (χ1n) is 8.14. The van der Waals surface area contributed by atoms with Crippen molar-refractivity contribution in [3.05, 3.63) is 21.9 Å². The first-order valence-corrected chi connectivity index (χ1v) is 9.02. The van der Waals surface area contributed by atoms with E-state index < -0.39 is 0 Å². The number of hydrogen-bond acceptors (Lipinski definition) is 3. The number of nitrogens with one attached hydrogen (secondary N) is 1. The third-order valence-electron chi connectivity index (χ3n) is 4.40. The molecule has 1 N–H and O–H groups in total. The molecule has 2 rings (SSSR count). The van der Waals surface area contributed by atoms with Crippen molar-refractivity contribution in [1.29, 1.82) is 0 Å². The number of aryl methyl sites for hydroxylation is 1. The summed E-state index contributed by atoms with van der Waals surface area (Å²) in [7, 11) is 0. The minimum Gasteiger partial charge on any atom is -0.373 e. The lowest BCUT2D eigenvalue weighted by molar-refractivity contribution is -0.0778. The fourth-order valence-corrected chi connectivity index (χ4v) is 4.29. The lowest BCUT2D eigenvalue weighted by Crippen LogP contribution is -2.46. The Labute approximate surface area is 127 Å². The maximum atomic E-state index is 6.37. The lowest BCUT2D eigenvalue weighted by Gasteiger charge is -2.40. The Morgan fingerprint density at radius 3 is 2.45 bits per heavy atom. The standard InChI is InChI=1S/C17H29NOS/c1-4-18-16(15-12-14(3)20-13-15)17(19-5-2)10-8-6-7-9-11-17/h12-13,16,18H,4-11H2,1-3H3. The first-order chi connectivity index (χ1) is 9.72. The second kappa shape index (κ2) is 7.58. The van der Waals surface area contributed by atoms with Crippen molar-refractivity contribution in [2.45, 2.75) is 70.9 Å².